The molecule has 0 spiro atoms. The molecular formula is C10H11ClNO. The lowest BCUT2D eigenvalue weighted by Gasteiger charge is -2.13. The van der Waals surface area contributed by atoms with Crippen molar-refractivity contribution in [2.45, 2.75) is 13.5 Å². The summed E-state index contributed by atoms with van der Waals surface area (Å²) in [5.41, 5.74) is 1.02. The number of hydrogen-bond acceptors (Lipinski definition) is 1. The molecule has 1 rings (SSSR count). The molecule has 1 radical (unpaired) electrons. The van der Waals surface area contributed by atoms with E-state index in [-0.39, 0.29) is 5.91 Å². The summed E-state index contributed by atoms with van der Waals surface area (Å²) in [6, 6.07) is 7.35. The van der Waals surface area contributed by atoms with E-state index in [0.29, 0.717) is 11.6 Å². The molecule has 0 unspecified atom stereocenters. The molecule has 0 atom stereocenters. The van der Waals surface area contributed by atoms with E-state index in [2.05, 4.69) is 7.05 Å². The summed E-state index contributed by atoms with van der Waals surface area (Å²) in [7, 11) is 3.61. The summed E-state index contributed by atoms with van der Waals surface area (Å²) in [6.45, 7) is 2.01. The largest absolute Gasteiger partial charge is 0.337 e. The minimum absolute atomic E-state index is 0.0463. The summed E-state index contributed by atoms with van der Waals surface area (Å²) >= 11 is 5.71. The van der Waals surface area contributed by atoms with Crippen LogP contribution < -0.4 is 0 Å². The lowest BCUT2D eigenvalue weighted by atomic mass is 10.2. The van der Waals surface area contributed by atoms with Crippen LogP contribution in [0.15, 0.2) is 24.3 Å². The smallest absolute Gasteiger partial charge is 0.219 e. The fraction of sp³-hybridized carbons (Fsp3) is 0.200. The highest BCUT2D eigenvalue weighted by molar-refractivity contribution is 6.30. The molecule has 0 heterocycles. The third-order valence-electron chi connectivity index (χ3n) is 1.73. The van der Waals surface area contributed by atoms with Gasteiger partial charge in [0.2, 0.25) is 5.91 Å². The van der Waals surface area contributed by atoms with E-state index in [4.69, 9.17) is 11.6 Å². The molecule has 3 heteroatoms. The second-order valence-electron chi connectivity index (χ2n) is 2.84. The molecular weight excluding hydrogens is 186 g/mol. The minimum Gasteiger partial charge on any atom is -0.337 e. The molecule has 0 fully saturated rings. The molecule has 0 aliphatic rings. The number of halogens is 1. The number of benzene rings is 1. The van der Waals surface area contributed by atoms with Gasteiger partial charge in [-0.1, -0.05) is 23.7 Å². The van der Waals surface area contributed by atoms with Crippen molar-refractivity contribution < 1.29 is 4.79 Å². The number of rotatable bonds is 2. The third-order valence-corrected chi connectivity index (χ3v) is 1.98. The maximum atomic E-state index is 10.9. The maximum absolute atomic E-state index is 10.9. The SMILES string of the molecule is [CH2]N(Cc1ccc(Cl)cc1)C(C)=O. The van der Waals surface area contributed by atoms with Crippen molar-refractivity contribution in [3.05, 3.63) is 41.9 Å². The van der Waals surface area contributed by atoms with Gasteiger partial charge in [-0.3, -0.25) is 4.79 Å². The van der Waals surface area contributed by atoms with Crippen LogP contribution in [0.2, 0.25) is 5.02 Å². The van der Waals surface area contributed by atoms with E-state index in [0.717, 1.165) is 5.56 Å². The van der Waals surface area contributed by atoms with Crippen LogP contribution >= 0.6 is 11.6 Å². The predicted molar refractivity (Wildman–Crippen MR) is 53.0 cm³/mol. The fourth-order valence-corrected chi connectivity index (χ4v) is 1.05. The molecule has 1 aromatic rings. The monoisotopic (exact) mass is 196 g/mol. The Morgan fingerprint density at radius 1 is 1.46 bits per heavy atom. The van der Waals surface area contributed by atoms with Crippen LogP contribution in [-0.2, 0) is 11.3 Å². The second kappa shape index (κ2) is 4.28. The van der Waals surface area contributed by atoms with Gasteiger partial charge in [0.05, 0.1) is 0 Å². The highest BCUT2D eigenvalue weighted by Crippen LogP contribution is 2.10. The van der Waals surface area contributed by atoms with Gasteiger partial charge in [0.15, 0.2) is 0 Å². The quantitative estimate of drug-likeness (QED) is 0.712. The Labute approximate surface area is 83.1 Å². The van der Waals surface area contributed by atoms with Crippen LogP contribution in [0.3, 0.4) is 0 Å². The van der Waals surface area contributed by atoms with Crippen molar-refractivity contribution in [3.63, 3.8) is 0 Å². The molecule has 13 heavy (non-hydrogen) atoms. The van der Waals surface area contributed by atoms with Crippen LogP contribution in [0, 0.1) is 7.05 Å². The number of hydrogen-bond donors (Lipinski definition) is 0. The average molecular weight is 197 g/mol. The van der Waals surface area contributed by atoms with Gasteiger partial charge in [-0.15, -0.1) is 0 Å². The van der Waals surface area contributed by atoms with Gasteiger partial charge >= 0.3 is 0 Å². The van der Waals surface area contributed by atoms with Crippen LogP contribution in [-0.4, -0.2) is 10.8 Å². The minimum atomic E-state index is -0.0463. The first kappa shape index (κ1) is 10.1. The van der Waals surface area contributed by atoms with E-state index < -0.39 is 0 Å². The normalized spacial score (nSPS) is 9.77. The van der Waals surface area contributed by atoms with E-state index in [9.17, 15) is 4.79 Å². The fourth-order valence-electron chi connectivity index (χ4n) is 0.922. The summed E-state index contributed by atoms with van der Waals surface area (Å²) in [5.74, 6) is -0.0463. The van der Waals surface area contributed by atoms with Gasteiger partial charge in [0.25, 0.3) is 0 Å². The number of amides is 1. The summed E-state index contributed by atoms with van der Waals surface area (Å²) in [6.07, 6.45) is 0. The molecule has 0 saturated carbocycles. The van der Waals surface area contributed by atoms with Crippen molar-refractivity contribution in [3.8, 4) is 0 Å². The molecule has 0 aliphatic heterocycles. The lowest BCUT2D eigenvalue weighted by molar-refractivity contribution is -0.127. The zero-order chi connectivity index (χ0) is 9.84. The summed E-state index contributed by atoms with van der Waals surface area (Å²) in [4.78, 5) is 12.3. The van der Waals surface area contributed by atoms with E-state index in [1.807, 2.05) is 12.1 Å². The van der Waals surface area contributed by atoms with Crippen molar-refractivity contribution in [1.29, 1.82) is 0 Å². The first-order chi connectivity index (χ1) is 6.09. The van der Waals surface area contributed by atoms with E-state index in [1.54, 1.807) is 12.1 Å². The molecule has 1 aromatic carbocycles. The molecule has 1 amide bonds. The molecule has 0 N–H and O–H groups in total. The zero-order valence-electron chi connectivity index (χ0n) is 7.46. The van der Waals surface area contributed by atoms with Crippen molar-refractivity contribution in [2.24, 2.45) is 0 Å². The number of nitrogens with zero attached hydrogens (tertiary/aromatic N) is 1. The third kappa shape index (κ3) is 3.07. The van der Waals surface area contributed by atoms with Gasteiger partial charge in [-0.05, 0) is 17.7 Å². The maximum Gasteiger partial charge on any atom is 0.219 e. The Balaban J connectivity index is 2.64. The second-order valence-corrected chi connectivity index (χ2v) is 3.28. The van der Waals surface area contributed by atoms with Crippen LogP contribution in [0.1, 0.15) is 12.5 Å². The number of carbonyl (C=O) groups is 1. The van der Waals surface area contributed by atoms with Gasteiger partial charge in [-0.25, -0.2) is 0 Å². The lowest BCUT2D eigenvalue weighted by Crippen LogP contribution is -2.20. The molecule has 0 bridgehead atoms. The van der Waals surface area contributed by atoms with Crippen molar-refractivity contribution in [2.75, 3.05) is 0 Å². The molecule has 69 valence electrons. The summed E-state index contributed by atoms with van der Waals surface area (Å²) < 4.78 is 0. The average Bonchev–Trinajstić information content (AvgIpc) is 2.08. The molecule has 2 nitrogen and oxygen atoms in total. The highest BCUT2D eigenvalue weighted by Gasteiger charge is 2.02. The van der Waals surface area contributed by atoms with Crippen LogP contribution in [0.25, 0.3) is 0 Å². The first-order valence-electron chi connectivity index (χ1n) is 3.92. The van der Waals surface area contributed by atoms with Crippen molar-refractivity contribution >= 4 is 17.5 Å². The van der Waals surface area contributed by atoms with Crippen molar-refractivity contribution in [1.82, 2.24) is 4.90 Å². The van der Waals surface area contributed by atoms with Gasteiger partial charge in [0, 0.05) is 25.5 Å². The van der Waals surface area contributed by atoms with Gasteiger partial charge in [-0.2, -0.15) is 0 Å². The Hall–Kier alpha value is -1.02. The Morgan fingerprint density at radius 3 is 2.46 bits per heavy atom. The predicted octanol–water partition coefficient (Wildman–Crippen LogP) is 2.48. The van der Waals surface area contributed by atoms with Crippen LogP contribution in [0.4, 0.5) is 0 Å². The Morgan fingerprint density at radius 2 is 2.00 bits per heavy atom. The Bertz CT molecular complexity index is 294. The first-order valence-corrected chi connectivity index (χ1v) is 4.30. The zero-order valence-corrected chi connectivity index (χ0v) is 8.21. The van der Waals surface area contributed by atoms with E-state index >= 15 is 0 Å². The number of carbonyl (C=O) groups excluding carboxylic acids is 1. The highest BCUT2D eigenvalue weighted by atomic mass is 35.5. The summed E-state index contributed by atoms with van der Waals surface area (Å²) in [5, 5.41) is 0.696. The van der Waals surface area contributed by atoms with Gasteiger partial charge in [0.1, 0.15) is 0 Å². The molecule has 0 saturated heterocycles. The Kier molecular flexibility index (Phi) is 3.32. The molecule has 0 aromatic heterocycles. The standard InChI is InChI=1S/C10H11ClNO/c1-8(13)12(2)7-9-3-5-10(11)6-4-9/h3-6H,2,7H2,1H3. The molecule has 0 aliphatic carbocycles. The topological polar surface area (TPSA) is 20.3 Å². The van der Waals surface area contributed by atoms with E-state index in [1.165, 1.54) is 11.8 Å². The van der Waals surface area contributed by atoms with Gasteiger partial charge < -0.3 is 4.90 Å². The van der Waals surface area contributed by atoms with Crippen LogP contribution in [0.5, 0.6) is 0 Å².